The number of carbonyl (C=O) groups excluding carboxylic acids is 1. The molecule has 2 heterocycles. The smallest absolute Gasteiger partial charge is 0.410 e. The summed E-state index contributed by atoms with van der Waals surface area (Å²) < 4.78 is 21.5. The van der Waals surface area contributed by atoms with E-state index in [1.54, 1.807) is 41.0 Å². The summed E-state index contributed by atoms with van der Waals surface area (Å²) in [6.45, 7) is 0.531. The zero-order valence-corrected chi connectivity index (χ0v) is 20.2. The zero-order valence-electron chi connectivity index (χ0n) is 18.6. The maximum Gasteiger partial charge on any atom is 0.415 e. The number of benzene rings is 3. The molecule has 0 saturated carbocycles. The molecule has 0 aliphatic carbocycles. The van der Waals surface area contributed by atoms with Gasteiger partial charge >= 0.3 is 6.09 Å². The van der Waals surface area contributed by atoms with Crippen molar-refractivity contribution in [2.24, 2.45) is 0 Å². The van der Waals surface area contributed by atoms with Gasteiger partial charge in [0, 0.05) is 16.6 Å². The zero-order chi connectivity index (χ0) is 24.4. The van der Waals surface area contributed by atoms with Crippen LogP contribution in [0.1, 0.15) is 28.4 Å². The van der Waals surface area contributed by atoms with Gasteiger partial charge in [-0.25, -0.2) is 14.2 Å². The Morgan fingerprint density at radius 1 is 0.971 bits per heavy atom. The number of ether oxygens (including phenoxy) is 1. The Labute approximate surface area is 209 Å². The fourth-order valence-electron chi connectivity index (χ4n) is 4.24. The lowest BCUT2D eigenvalue weighted by Crippen LogP contribution is -2.42. The summed E-state index contributed by atoms with van der Waals surface area (Å²) in [5, 5.41) is 0. The molecule has 0 fully saturated rings. The van der Waals surface area contributed by atoms with Crippen LogP contribution in [0.25, 0.3) is 0 Å². The van der Waals surface area contributed by atoms with Gasteiger partial charge in [-0.2, -0.15) is 0 Å². The number of hydrogen-bond acceptors (Lipinski definition) is 4. The van der Waals surface area contributed by atoms with E-state index in [2.05, 4.69) is 20.9 Å². The molecule has 1 unspecified atom stereocenters. The standard InChI is InChI=1S/C27H21BrFN3O3/c28-20-8-12-22(13-9-20)35-27(34)31-15-14-23-24(16-31)30-17-32(26(23)33)25(18-4-2-1-3-5-18)19-6-10-21(29)11-7-19/h1-13,17,25H,14-16H2. The average Bonchev–Trinajstić information content (AvgIpc) is 2.88. The van der Waals surface area contributed by atoms with Gasteiger partial charge in [-0.05, 0) is 53.9 Å². The first-order valence-electron chi connectivity index (χ1n) is 11.1. The van der Waals surface area contributed by atoms with Gasteiger partial charge < -0.3 is 9.64 Å². The first-order chi connectivity index (χ1) is 17.0. The van der Waals surface area contributed by atoms with E-state index >= 15 is 0 Å². The number of nitrogens with zero attached hydrogens (tertiary/aromatic N) is 3. The van der Waals surface area contributed by atoms with E-state index in [0.717, 1.165) is 15.6 Å². The third kappa shape index (κ3) is 4.88. The summed E-state index contributed by atoms with van der Waals surface area (Å²) in [6, 6.07) is 22.2. The van der Waals surface area contributed by atoms with Gasteiger partial charge in [0.1, 0.15) is 11.6 Å². The van der Waals surface area contributed by atoms with Gasteiger partial charge in [-0.15, -0.1) is 0 Å². The van der Waals surface area contributed by atoms with E-state index in [-0.39, 0.29) is 17.9 Å². The molecule has 0 saturated heterocycles. The minimum atomic E-state index is -0.488. The molecular formula is C27H21BrFN3O3. The number of fused-ring (bicyclic) bond motifs is 1. The molecule has 0 spiro atoms. The highest BCUT2D eigenvalue weighted by atomic mass is 79.9. The van der Waals surface area contributed by atoms with Crippen molar-refractivity contribution in [3.8, 4) is 5.75 Å². The molecule has 6 nitrogen and oxygen atoms in total. The van der Waals surface area contributed by atoms with E-state index in [4.69, 9.17) is 4.74 Å². The lowest BCUT2D eigenvalue weighted by molar-refractivity contribution is 0.145. The third-order valence-electron chi connectivity index (χ3n) is 6.01. The summed E-state index contributed by atoms with van der Waals surface area (Å²) in [5.74, 6) is 0.101. The van der Waals surface area contributed by atoms with Gasteiger partial charge in [-0.3, -0.25) is 9.36 Å². The van der Waals surface area contributed by atoms with Crippen molar-refractivity contribution in [3.05, 3.63) is 128 Å². The fraction of sp³-hybridized carbons (Fsp3) is 0.148. The molecule has 1 aliphatic heterocycles. The second-order valence-electron chi connectivity index (χ2n) is 8.24. The molecule has 5 rings (SSSR count). The Bertz CT molecular complexity index is 1410. The van der Waals surface area contributed by atoms with Crippen molar-refractivity contribution >= 4 is 22.0 Å². The summed E-state index contributed by atoms with van der Waals surface area (Å²) in [4.78, 5) is 32.3. The molecule has 35 heavy (non-hydrogen) atoms. The molecule has 3 aromatic carbocycles. The fourth-order valence-corrected chi connectivity index (χ4v) is 4.50. The maximum atomic E-state index is 13.6. The monoisotopic (exact) mass is 533 g/mol. The molecule has 0 N–H and O–H groups in total. The van der Waals surface area contributed by atoms with Crippen LogP contribution in [-0.2, 0) is 13.0 Å². The van der Waals surface area contributed by atoms with Crippen molar-refractivity contribution in [1.82, 2.24) is 14.5 Å². The first kappa shape index (κ1) is 23.0. The van der Waals surface area contributed by atoms with E-state index in [0.29, 0.717) is 30.0 Å². The Morgan fingerprint density at radius 2 is 1.66 bits per heavy atom. The van der Waals surface area contributed by atoms with E-state index < -0.39 is 12.1 Å². The molecule has 1 atom stereocenters. The highest BCUT2D eigenvalue weighted by Crippen LogP contribution is 2.27. The highest BCUT2D eigenvalue weighted by molar-refractivity contribution is 9.10. The van der Waals surface area contributed by atoms with Crippen LogP contribution in [0, 0.1) is 5.82 Å². The van der Waals surface area contributed by atoms with Gasteiger partial charge in [-0.1, -0.05) is 58.4 Å². The van der Waals surface area contributed by atoms with Crippen LogP contribution in [0.2, 0.25) is 0 Å². The van der Waals surface area contributed by atoms with Crippen LogP contribution in [0.15, 0.2) is 94.5 Å². The van der Waals surface area contributed by atoms with Crippen molar-refractivity contribution in [3.63, 3.8) is 0 Å². The molecule has 0 radical (unpaired) electrons. The van der Waals surface area contributed by atoms with E-state index in [1.165, 1.54) is 23.4 Å². The van der Waals surface area contributed by atoms with Crippen LogP contribution in [-0.4, -0.2) is 27.1 Å². The lowest BCUT2D eigenvalue weighted by atomic mass is 9.97. The number of rotatable bonds is 4. The Kier molecular flexibility index (Phi) is 6.46. The third-order valence-corrected chi connectivity index (χ3v) is 6.54. The molecule has 176 valence electrons. The normalized spacial score (nSPS) is 13.7. The average molecular weight is 534 g/mol. The molecule has 1 aliphatic rings. The summed E-state index contributed by atoms with van der Waals surface area (Å²) in [5.41, 5.74) is 2.61. The molecular weight excluding hydrogens is 513 g/mol. The van der Waals surface area contributed by atoms with E-state index in [9.17, 15) is 14.0 Å². The minimum absolute atomic E-state index is 0.172. The first-order valence-corrected chi connectivity index (χ1v) is 11.9. The van der Waals surface area contributed by atoms with Gasteiger partial charge in [0.2, 0.25) is 0 Å². The summed E-state index contributed by atoms with van der Waals surface area (Å²) in [6.07, 6.45) is 1.38. The largest absolute Gasteiger partial charge is 0.415 e. The predicted molar refractivity (Wildman–Crippen MR) is 133 cm³/mol. The highest BCUT2D eigenvalue weighted by Gasteiger charge is 2.28. The topological polar surface area (TPSA) is 64.4 Å². The second kappa shape index (κ2) is 9.84. The van der Waals surface area contributed by atoms with Gasteiger partial charge in [0.05, 0.1) is 24.6 Å². The van der Waals surface area contributed by atoms with Crippen LogP contribution in [0.5, 0.6) is 5.75 Å². The SMILES string of the molecule is O=C(Oc1ccc(Br)cc1)N1CCc2c(ncn(C(c3ccccc3)c3ccc(F)cc3)c2=O)C1. The molecule has 4 aromatic rings. The second-order valence-corrected chi connectivity index (χ2v) is 9.16. The number of aromatic nitrogens is 2. The van der Waals surface area contributed by atoms with Crippen molar-refractivity contribution in [2.45, 2.75) is 19.0 Å². The van der Waals surface area contributed by atoms with E-state index in [1.807, 2.05) is 30.3 Å². The number of halogens is 2. The van der Waals surface area contributed by atoms with Crippen LogP contribution < -0.4 is 10.3 Å². The van der Waals surface area contributed by atoms with Crippen LogP contribution in [0.3, 0.4) is 0 Å². The summed E-state index contributed by atoms with van der Waals surface area (Å²) >= 11 is 3.35. The van der Waals surface area contributed by atoms with Crippen LogP contribution >= 0.6 is 15.9 Å². The van der Waals surface area contributed by atoms with Gasteiger partial charge in [0.15, 0.2) is 0 Å². The lowest BCUT2D eigenvalue weighted by Gasteiger charge is -2.28. The maximum absolute atomic E-state index is 13.6. The minimum Gasteiger partial charge on any atom is -0.410 e. The van der Waals surface area contributed by atoms with Gasteiger partial charge in [0.25, 0.3) is 5.56 Å². The number of carbonyl (C=O) groups is 1. The number of hydrogen-bond donors (Lipinski definition) is 0. The molecule has 8 heteroatoms. The molecule has 0 bridgehead atoms. The molecule has 1 aromatic heterocycles. The van der Waals surface area contributed by atoms with Crippen molar-refractivity contribution < 1.29 is 13.9 Å². The Hall–Kier alpha value is -3.78. The predicted octanol–water partition coefficient (Wildman–Crippen LogP) is 5.34. The van der Waals surface area contributed by atoms with Crippen molar-refractivity contribution in [1.29, 1.82) is 0 Å². The number of amides is 1. The summed E-state index contributed by atoms with van der Waals surface area (Å²) in [7, 11) is 0. The Morgan fingerprint density at radius 3 is 2.37 bits per heavy atom. The van der Waals surface area contributed by atoms with Crippen LogP contribution in [0.4, 0.5) is 9.18 Å². The molecule has 1 amide bonds. The van der Waals surface area contributed by atoms with Crippen molar-refractivity contribution in [2.75, 3.05) is 6.54 Å². The quantitative estimate of drug-likeness (QED) is 0.355. The Balaban J connectivity index is 1.44.